The Morgan fingerprint density at radius 1 is 1.40 bits per heavy atom. The maximum Gasteiger partial charge on any atom is 0.260 e. The number of halogens is 1. The van der Waals surface area contributed by atoms with Crippen molar-refractivity contribution in [1.29, 1.82) is 0 Å². The summed E-state index contributed by atoms with van der Waals surface area (Å²) in [5, 5.41) is 6.59. The summed E-state index contributed by atoms with van der Waals surface area (Å²) in [7, 11) is 0. The van der Waals surface area contributed by atoms with E-state index in [2.05, 4.69) is 10.5 Å². The van der Waals surface area contributed by atoms with Crippen molar-refractivity contribution in [3.05, 3.63) is 35.6 Å². The van der Waals surface area contributed by atoms with E-state index in [-0.39, 0.29) is 24.4 Å². The largest absolute Gasteiger partial charge is 0.386 e. The zero-order valence-electron chi connectivity index (χ0n) is 11.3. The molecular formula is C15H19FN2O2. The van der Waals surface area contributed by atoms with Crippen LogP contribution in [0.3, 0.4) is 0 Å². The fraction of sp³-hybridized carbons (Fsp3) is 0.467. The lowest BCUT2D eigenvalue weighted by Crippen LogP contribution is -2.38. The minimum absolute atomic E-state index is 0.109. The van der Waals surface area contributed by atoms with Crippen LogP contribution in [0.1, 0.15) is 37.7 Å². The maximum atomic E-state index is 12.9. The number of amides is 1. The highest BCUT2D eigenvalue weighted by molar-refractivity contribution is 5.79. The van der Waals surface area contributed by atoms with E-state index >= 15 is 0 Å². The molecule has 0 radical (unpaired) electrons. The number of hydrogen-bond donors (Lipinski definition) is 1. The summed E-state index contributed by atoms with van der Waals surface area (Å²) in [5.74, 6) is -0.489. The summed E-state index contributed by atoms with van der Waals surface area (Å²) < 4.78 is 12.9. The molecule has 20 heavy (non-hydrogen) atoms. The van der Waals surface area contributed by atoms with Gasteiger partial charge < -0.3 is 10.2 Å². The topological polar surface area (TPSA) is 50.7 Å². The first kappa shape index (κ1) is 14.5. The molecule has 0 spiro atoms. The summed E-state index contributed by atoms with van der Waals surface area (Å²) >= 11 is 0. The van der Waals surface area contributed by atoms with Crippen molar-refractivity contribution in [2.24, 2.45) is 5.16 Å². The number of hydrogen-bond acceptors (Lipinski definition) is 3. The molecule has 1 fully saturated rings. The highest BCUT2D eigenvalue weighted by Crippen LogP contribution is 2.17. The van der Waals surface area contributed by atoms with Crippen molar-refractivity contribution >= 4 is 12.1 Å². The van der Waals surface area contributed by atoms with Crippen LogP contribution in [-0.4, -0.2) is 24.8 Å². The van der Waals surface area contributed by atoms with Crippen molar-refractivity contribution in [3.8, 4) is 0 Å². The van der Waals surface area contributed by atoms with Gasteiger partial charge in [-0.2, -0.15) is 0 Å². The summed E-state index contributed by atoms with van der Waals surface area (Å²) in [6.07, 6.45) is 7.06. The molecule has 1 aliphatic carbocycles. The second kappa shape index (κ2) is 7.62. The minimum atomic E-state index is -0.330. The molecule has 0 saturated heterocycles. The molecule has 0 aromatic heterocycles. The molecule has 5 heteroatoms. The van der Waals surface area contributed by atoms with Crippen LogP contribution in [0.4, 0.5) is 4.39 Å². The van der Waals surface area contributed by atoms with Gasteiger partial charge in [0.15, 0.2) is 6.61 Å². The van der Waals surface area contributed by atoms with Gasteiger partial charge in [-0.1, -0.05) is 36.6 Å². The lowest BCUT2D eigenvalue weighted by atomic mass is 9.95. The number of benzene rings is 1. The van der Waals surface area contributed by atoms with Crippen LogP contribution < -0.4 is 5.32 Å². The Morgan fingerprint density at radius 2 is 2.20 bits per heavy atom. The van der Waals surface area contributed by atoms with Crippen molar-refractivity contribution in [2.45, 2.75) is 38.1 Å². The summed E-state index contributed by atoms with van der Waals surface area (Å²) in [6.45, 7) is -0.109. The van der Waals surface area contributed by atoms with Crippen LogP contribution in [0.5, 0.6) is 0 Å². The van der Waals surface area contributed by atoms with Crippen LogP contribution in [0.15, 0.2) is 29.4 Å². The van der Waals surface area contributed by atoms with Crippen molar-refractivity contribution in [2.75, 3.05) is 6.61 Å². The molecule has 1 aromatic carbocycles. The third kappa shape index (κ3) is 4.99. The zero-order chi connectivity index (χ0) is 14.2. The normalized spacial score (nSPS) is 16.2. The van der Waals surface area contributed by atoms with Gasteiger partial charge in [-0.05, 0) is 30.5 Å². The van der Waals surface area contributed by atoms with E-state index in [1.54, 1.807) is 12.1 Å². The Bertz CT molecular complexity index is 471. The van der Waals surface area contributed by atoms with Gasteiger partial charge in [0.1, 0.15) is 5.82 Å². The highest BCUT2D eigenvalue weighted by atomic mass is 19.1. The molecule has 1 N–H and O–H groups in total. The van der Waals surface area contributed by atoms with Crippen molar-refractivity contribution in [3.63, 3.8) is 0 Å². The van der Waals surface area contributed by atoms with Gasteiger partial charge >= 0.3 is 0 Å². The van der Waals surface area contributed by atoms with Gasteiger partial charge in [0, 0.05) is 6.04 Å². The van der Waals surface area contributed by atoms with Gasteiger partial charge in [-0.15, -0.1) is 0 Å². The Balaban J connectivity index is 1.68. The molecule has 1 saturated carbocycles. The molecule has 0 bridgehead atoms. The van der Waals surface area contributed by atoms with Crippen LogP contribution in [-0.2, 0) is 9.63 Å². The summed E-state index contributed by atoms with van der Waals surface area (Å²) in [4.78, 5) is 16.5. The molecule has 2 rings (SSSR count). The van der Waals surface area contributed by atoms with E-state index in [0.29, 0.717) is 5.56 Å². The third-order valence-corrected chi connectivity index (χ3v) is 3.29. The zero-order valence-corrected chi connectivity index (χ0v) is 11.3. The highest BCUT2D eigenvalue weighted by Gasteiger charge is 2.15. The lowest BCUT2D eigenvalue weighted by Gasteiger charge is -2.22. The first-order valence-electron chi connectivity index (χ1n) is 6.94. The second-order valence-electron chi connectivity index (χ2n) is 4.97. The van der Waals surface area contributed by atoms with E-state index in [0.717, 1.165) is 12.8 Å². The predicted octanol–water partition coefficient (Wildman–Crippen LogP) is 2.63. The maximum absolute atomic E-state index is 12.9. The fourth-order valence-electron chi connectivity index (χ4n) is 2.30. The molecule has 1 amide bonds. The third-order valence-electron chi connectivity index (χ3n) is 3.29. The molecule has 1 aromatic rings. The van der Waals surface area contributed by atoms with E-state index in [4.69, 9.17) is 4.84 Å². The Labute approximate surface area is 118 Å². The molecule has 1 aliphatic rings. The van der Waals surface area contributed by atoms with Crippen LogP contribution >= 0.6 is 0 Å². The molecule has 0 unspecified atom stereocenters. The quantitative estimate of drug-likeness (QED) is 0.665. The first-order chi connectivity index (χ1) is 9.74. The Hall–Kier alpha value is -1.91. The van der Waals surface area contributed by atoms with Crippen LogP contribution in [0.25, 0.3) is 0 Å². The Kier molecular flexibility index (Phi) is 5.53. The van der Waals surface area contributed by atoms with Gasteiger partial charge in [-0.3, -0.25) is 4.79 Å². The molecule has 0 heterocycles. The average molecular weight is 278 g/mol. The van der Waals surface area contributed by atoms with Gasteiger partial charge in [0.05, 0.1) is 6.21 Å². The van der Waals surface area contributed by atoms with Crippen LogP contribution in [0.2, 0.25) is 0 Å². The fourth-order valence-corrected chi connectivity index (χ4v) is 2.30. The predicted molar refractivity (Wildman–Crippen MR) is 75.0 cm³/mol. The van der Waals surface area contributed by atoms with Crippen LogP contribution in [0, 0.1) is 5.82 Å². The van der Waals surface area contributed by atoms with E-state index in [9.17, 15) is 9.18 Å². The molecule has 4 nitrogen and oxygen atoms in total. The minimum Gasteiger partial charge on any atom is -0.386 e. The van der Waals surface area contributed by atoms with Gasteiger partial charge in [0.2, 0.25) is 0 Å². The molecule has 0 aliphatic heterocycles. The van der Waals surface area contributed by atoms with Crippen molar-refractivity contribution < 1.29 is 14.0 Å². The number of carbonyl (C=O) groups is 1. The van der Waals surface area contributed by atoms with E-state index in [1.807, 2.05) is 0 Å². The van der Waals surface area contributed by atoms with E-state index < -0.39 is 0 Å². The number of nitrogens with zero attached hydrogens (tertiary/aromatic N) is 1. The van der Waals surface area contributed by atoms with Gasteiger partial charge in [-0.25, -0.2) is 4.39 Å². The van der Waals surface area contributed by atoms with Crippen molar-refractivity contribution in [1.82, 2.24) is 5.32 Å². The molecule has 0 atom stereocenters. The summed E-state index contributed by atoms with van der Waals surface area (Å²) in [5.41, 5.74) is 0.595. The Morgan fingerprint density at radius 3 is 2.95 bits per heavy atom. The smallest absolute Gasteiger partial charge is 0.260 e. The number of oxime groups is 1. The molecular weight excluding hydrogens is 259 g/mol. The standard InChI is InChI=1S/C15H19FN2O2/c16-13-6-4-5-12(9-13)10-17-20-11-15(19)18-14-7-2-1-3-8-14/h4-6,9-10,14H,1-3,7-8,11H2,(H,18,19)/b17-10-. The van der Waals surface area contributed by atoms with Gasteiger partial charge in [0.25, 0.3) is 5.91 Å². The lowest BCUT2D eigenvalue weighted by molar-refractivity contribution is -0.126. The molecule has 108 valence electrons. The second-order valence-corrected chi connectivity index (χ2v) is 4.97. The first-order valence-corrected chi connectivity index (χ1v) is 6.94. The van der Waals surface area contributed by atoms with E-state index in [1.165, 1.54) is 37.6 Å². The SMILES string of the molecule is O=C(CO/N=C\c1cccc(F)c1)NC1CCCCC1. The monoisotopic (exact) mass is 278 g/mol. The summed E-state index contributed by atoms with van der Waals surface area (Å²) in [6, 6.07) is 6.27. The number of carbonyl (C=O) groups excluding carboxylic acids is 1. The number of rotatable bonds is 5. The average Bonchev–Trinajstić information content (AvgIpc) is 2.45. The number of nitrogens with one attached hydrogen (secondary N) is 1.